The van der Waals surface area contributed by atoms with Crippen LogP contribution in [0.15, 0.2) is 30.6 Å². The van der Waals surface area contributed by atoms with Gasteiger partial charge in [-0.3, -0.25) is 15.1 Å². The molecule has 1 aromatic heterocycles. The Labute approximate surface area is 134 Å². The van der Waals surface area contributed by atoms with E-state index >= 15 is 0 Å². The standard InChI is InChI=1S/C5H5N.C4H11N.C3H8O.C2H3N.CH3NO2/c1-2-4-6-5-3-1;1-3-5-4-2;1-3(2)4;1-2-3;1-2(3)4/h1-5H;5H,3-4H2,1-2H3;3-4H,1-2H3;1H3;1H3. The fourth-order valence-corrected chi connectivity index (χ4v) is 0.563. The number of aliphatic hydroxyl groups is 1. The first-order valence-electron chi connectivity index (χ1n) is 6.92. The van der Waals surface area contributed by atoms with Crippen molar-refractivity contribution in [3.05, 3.63) is 40.7 Å². The minimum Gasteiger partial charge on any atom is -0.394 e. The molecular formula is C15H30N4O3. The summed E-state index contributed by atoms with van der Waals surface area (Å²) >= 11 is 0. The Morgan fingerprint density at radius 3 is 1.59 bits per heavy atom. The summed E-state index contributed by atoms with van der Waals surface area (Å²) in [5, 5.41) is 27.3. The summed E-state index contributed by atoms with van der Waals surface area (Å²) in [7, 11) is 0.889. The minimum atomic E-state index is -0.500. The number of rotatable bonds is 2. The number of nitriles is 1. The average molecular weight is 314 g/mol. The van der Waals surface area contributed by atoms with Crippen molar-refractivity contribution in [1.82, 2.24) is 10.3 Å². The maximum Gasteiger partial charge on any atom is 0.194 e. The van der Waals surface area contributed by atoms with Crippen molar-refractivity contribution in [2.45, 2.75) is 40.7 Å². The second-order valence-electron chi connectivity index (χ2n) is 3.74. The second-order valence-corrected chi connectivity index (χ2v) is 3.74. The predicted molar refractivity (Wildman–Crippen MR) is 90.0 cm³/mol. The van der Waals surface area contributed by atoms with Crippen molar-refractivity contribution >= 4 is 0 Å². The number of aliphatic hydroxyl groups excluding tert-OH is 1. The monoisotopic (exact) mass is 314 g/mol. The molecule has 2 N–H and O–H groups in total. The molecule has 0 spiro atoms. The first-order chi connectivity index (χ1) is 10.3. The fraction of sp³-hybridized carbons (Fsp3) is 0.600. The highest BCUT2D eigenvalue weighted by atomic mass is 16.6. The number of nitrogens with one attached hydrogen (secondary N) is 1. The zero-order valence-electron chi connectivity index (χ0n) is 14.5. The smallest absolute Gasteiger partial charge is 0.194 e. The molecule has 0 saturated carbocycles. The topological polar surface area (TPSA) is 112 Å². The number of hydrogen-bond donors (Lipinski definition) is 2. The molecule has 0 unspecified atom stereocenters. The number of nitrogens with zero attached hydrogens (tertiary/aromatic N) is 3. The third-order valence-corrected chi connectivity index (χ3v) is 1.07. The van der Waals surface area contributed by atoms with Gasteiger partial charge >= 0.3 is 0 Å². The van der Waals surface area contributed by atoms with Gasteiger partial charge in [-0.05, 0) is 39.1 Å². The molecule has 0 fully saturated rings. The summed E-state index contributed by atoms with van der Waals surface area (Å²) in [4.78, 5) is 12.1. The summed E-state index contributed by atoms with van der Waals surface area (Å²) in [6.07, 6.45) is 3.33. The Balaban J connectivity index is -0.0000000944. The van der Waals surface area contributed by atoms with Gasteiger partial charge in [-0.15, -0.1) is 0 Å². The molecule has 0 amide bonds. The van der Waals surface area contributed by atoms with Crippen LogP contribution >= 0.6 is 0 Å². The van der Waals surface area contributed by atoms with E-state index in [0.717, 1.165) is 20.1 Å². The number of pyridine rings is 1. The first kappa shape index (κ1) is 28.2. The maximum atomic E-state index is 8.81. The molecule has 0 aliphatic rings. The molecule has 1 rings (SSSR count). The van der Waals surface area contributed by atoms with Crippen LogP contribution in [-0.4, -0.2) is 41.3 Å². The van der Waals surface area contributed by atoms with Crippen LogP contribution in [-0.2, 0) is 0 Å². The summed E-state index contributed by atoms with van der Waals surface area (Å²) in [6.45, 7) is 11.3. The molecular weight excluding hydrogens is 284 g/mol. The molecule has 0 aliphatic carbocycles. The number of nitro groups is 1. The molecule has 7 nitrogen and oxygen atoms in total. The third kappa shape index (κ3) is 145. The van der Waals surface area contributed by atoms with Gasteiger partial charge in [0.25, 0.3) is 0 Å². The highest BCUT2D eigenvalue weighted by Gasteiger charge is 1.69. The lowest BCUT2D eigenvalue weighted by molar-refractivity contribution is -0.445. The largest absolute Gasteiger partial charge is 0.394 e. The van der Waals surface area contributed by atoms with Gasteiger partial charge in [0, 0.05) is 30.3 Å². The summed E-state index contributed by atoms with van der Waals surface area (Å²) in [5.41, 5.74) is 0. The molecule has 22 heavy (non-hydrogen) atoms. The van der Waals surface area contributed by atoms with Gasteiger partial charge in [0.2, 0.25) is 0 Å². The van der Waals surface area contributed by atoms with E-state index in [-0.39, 0.29) is 6.10 Å². The van der Waals surface area contributed by atoms with E-state index in [2.05, 4.69) is 24.1 Å². The van der Waals surface area contributed by atoms with Crippen molar-refractivity contribution in [3.8, 4) is 6.07 Å². The molecule has 0 aliphatic heterocycles. The fourth-order valence-electron chi connectivity index (χ4n) is 0.563. The van der Waals surface area contributed by atoms with Gasteiger partial charge in [0.15, 0.2) is 7.05 Å². The Morgan fingerprint density at radius 1 is 1.27 bits per heavy atom. The molecule has 0 bridgehead atoms. The summed E-state index contributed by atoms with van der Waals surface area (Å²) < 4.78 is 0. The quantitative estimate of drug-likeness (QED) is 0.640. The second kappa shape index (κ2) is 31.4. The molecule has 0 radical (unpaired) electrons. The van der Waals surface area contributed by atoms with Crippen molar-refractivity contribution in [2.24, 2.45) is 0 Å². The van der Waals surface area contributed by atoms with Crippen molar-refractivity contribution in [3.63, 3.8) is 0 Å². The Hall–Kier alpha value is -2.04. The highest BCUT2D eigenvalue weighted by molar-refractivity contribution is 4.88. The maximum absolute atomic E-state index is 8.81. The van der Waals surface area contributed by atoms with Crippen LogP contribution in [0.3, 0.4) is 0 Å². The van der Waals surface area contributed by atoms with E-state index < -0.39 is 4.92 Å². The molecule has 7 heteroatoms. The van der Waals surface area contributed by atoms with E-state index in [1.165, 1.54) is 6.92 Å². The van der Waals surface area contributed by atoms with E-state index in [1.54, 1.807) is 32.3 Å². The SMILES string of the molecule is CC#N.CC(C)O.CCNCC.C[N+](=O)[O-].c1ccncc1. The zero-order valence-corrected chi connectivity index (χ0v) is 14.5. The molecule has 128 valence electrons. The molecule has 1 heterocycles. The molecule has 1 aromatic rings. The van der Waals surface area contributed by atoms with Crippen molar-refractivity contribution < 1.29 is 10.0 Å². The summed E-state index contributed by atoms with van der Waals surface area (Å²) in [5.74, 6) is 0. The number of hydrogen-bond acceptors (Lipinski definition) is 6. The van der Waals surface area contributed by atoms with E-state index in [1.807, 2.05) is 18.2 Å². The molecule has 0 atom stereocenters. The van der Waals surface area contributed by atoms with Gasteiger partial charge in [-0.1, -0.05) is 19.9 Å². The first-order valence-corrected chi connectivity index (χ1v) is 6.92. The van der Waals surface area contributed by atoms with Crippen LogP contribution in [0.1, 0.15) is 34.6 Å². The third-order valence-electron chi connectivity index (χ3n) is 1.07. The predicted octanol–water partition coefficient (Wildman–Crippen LogP) is 2.51. The van der Waals surface area contributed by atoms with Gasteiger partial charge in [-0.25, -0.2) is 0 Å². The number of aromatic nitrogens is 1. The minimum absolute atomic E-state index is 0.167. The van der Waals surface area contributed by atoms with Crippen LogP contribution in [0.2, 0.25) is 0 Å². The van der Waals surface area contributed by atoms with Crippen molar-refractivity contribution in [1.29, 1.82) is 5.26 Å². The van der Waals surface area contributed by atoms with Gasteiger partial charge in [0.1, 0.15) is 0 Å². The molecule has 0 aromatic carbocycles. The van der Waals surface area contributed by atoms with E-state index in [0.29, 0.717) is 0 Å². The lowest BCUT2D eigenvalue weighted by atomic mass is 10.5. The lowest BCUT2D eigenvalue weighted by Gasteiger charge is -1.86. The van der Waals surface area contributed by atoms with E-state index in [4.69, 9.17) is 20.5 Å². The zero-order chi connectivity index (χ0) is 18.2. The lowest BCUT2D eigenvalue weighted by Crippen LogP contribution is -2.09. The highest BCUT2D eigenvalue weighted by Crippen LogP contribution is 1.73. The van der Waals surface area contributed by atoms with Crippen molar-refractivity contribution in [2.75, 3.05) is 20.1 Å². The van der Waals surface area contributed by atoms with Gasteiger partial charge in [0.05, 0.1) is 6.07 Å². The van der Waals surface area contributed by atoms with Gasteiger partial charge < -0.3 is 10.4 Å². The van der Waals surface area contributed by atoms with E-state index in [9.17, 15) is 0 Å². The van der Waals surface area contributed by atoms with Crippen LogP contribution < -0.4 is 5.32 Å². The van der Waals surface area contributed by atoms with Crippen LogP contribution in [0, 0.1) is 21.4 Å². The normalized spacial score (nSPS) is 7.23. The van der Waals surface area contributed by atoms with Gasteiger partial charge in [-0.2, -0.15) is 5.26 Å². The Morgan fingerprint density at radius 2 is 1.55 bits per heavy atom. The van der Waals surface area contributed by atoms with Crippen LogP contribution in [0.25, 0.3) is 0 Å². The van der Waals surface area contributed by atoms with Crippen LogP contribution in [0.5, 0.6) is 0 Å². The molecule has 0 saturated heterocycles. The Bertz CT molecular complexity index is 292. The Kier molecular flexibility index (Phi) is 40.2. The summed E-state index contributed by atoms with van der Waals surface area (Å²) in [6, 6.07) is 7.47. The van der Waals surface area contributed by atoms with Crippen LogP contribution in [0.4, 0.5) is 0 Å². The average Bonchev–Trinajstić information content (AvgIpc) is 2.42.